The summed E-state index contributed by atoms with van der Waals surface area (Å²) >= 11 is 0. The van der Waals surface area contributed by atoms with Gasteiger partial charge in [0, 0.05) is 12.1 Å². The number of aromatic carboxylic acids is 1. The minimum atomic E-state index is -0.943. The number of carboxylic acid groups (broad SMARTS) is 1. The highest BCUT2D eigenvalue weighted by Gasteiger charge is 2.20. The van der Waals surface area contributed by atoms with E-state index >= 15 is 0 Å². The maximum atomic E-state index is 11.2. The van der Waals surface area contributed by atoms with Crippen LogP contribution in [0.4, 0.5) is 0 Å². The smallest absolute Gasteiger partial charge is 0.335 e. The zero-order chi connectivity index (χ0) is 17.1. The summed E-state index contributed by atoms with van der Waals surface area (Å²) in [7, 11) is 4.10. The largest absolute Gasteiger partial charge is 0.488 e. The Morgan fingerprint density at radius 1 is 1.21 bits per heavy atom. The molecular weight excluding hydrogens is 302 g/mol. The summed E-state index contributed by atoms with van der Waals surface area (Å²) in [5.74, 6) is -0.316. The van der Waals surface area contributed by atoms with Gasteiger partial charge in [0.05, 0.1) is 5.56 Å². The van der Waals surface area contributed by atoms with Crippen LogP contribution >= 0.6 is 0 Å². The van der Waals surface area contributed by atoms with E-state index in [2.05, 4.69) is 37.2 Å². The highest BCUT2D eigenvalue weighted by molar-refractivity contribution is 5.91. The summed E-state index contributed by atoms with van der Waals surface area (Å²) in [6.07, 6.45) is 3.13. The van der Waals surface area contributed by atoms with Crippen molar-refractivity contribution in [3.63, 3.8) is 0 Å². The van der Waals surface area contributed by atoms with Crippen LogP contribution in [-0.2, 0) is 6.61 Å². The van der Waals surface area contributed by atoms with Crippen LogP contribution in [0, 0.1) is 0 Å². The van der Waals surface area contributed by atoms with Gasteiger partial charge in [0.2, 0.25) is 0 Å². The Balaban J connectivity index is 2.09. The predicted molar refractivity (Wildman–Crippen MR) is 94.4 cm³/mol. The average molecular weight is 323 g/mol. The molecule has 4 heteroatoms. The normalized spacial score (nSPS) is 14.7. The fourth-order valence-corrected chi connectivity index (χ4v) is 2.89. The van der Waals surface area contributed by atoms with Crippen molar-refractivity contribution >= 4 is 11.5 Å². The zero-order valence-electron chi connectivity index (χ0n) is 14.0. The molecule has 3 rings (SSSR count). The van der Waals surface area contributed by atoms with Gasteiger partial charge in [-0.3, -0.25) is 0 Å². The van der Waals surface area contributed by atoms with Crippen LogP contribution in [0.15, 0.2) is 48.5 Å². The van der Waals surface area contributed by atoms with Gasteiger partial charge in [-0.25, -0.2) is 4.79 Å². The van der Waals surface area contributed by atoms with Crippen molar-refractivity contribution in [3.05, 3.63) is 70.8 Å². The van der Waals surface area contributed by atoms with Crippen LogP contribution in [0.25, 0.3) is 5.57 Å². The number of rotatable bonds is 4. The number of hydrogen-bond donors (Lipinski definition) is 1. The first-order valence-electron chi connectivity index (χ1n) is 8.00. The van der Waals surface area contributed by atoms with Crippen molar-refractivity contribution in [3.8, 4) is 5.75 Å². The molecule has 0 aromatic heterocycles. The molecule has 1 heterocycles. The van der Waals surface area contributed by atoms with Gasteiger partial charge in [-0.2, -0.15) is 0 Å². The first-order chi connectivity index (χ1) is 11.6. The molecule has 0 amide bonds. The van der Waals surface area contributed by atoms with Gasteiger partial charge in [-0.1, -0.05) is 30.3 Å². The first kappa shape index (κ1) is 16.3. The molecule has 0 spiro atoms. The van der Waals surface area contributed by atoms with E-state index in [4.69, 9.17) is 4.74 Å². The summed E-state index contributed by atoms with van der Waals surface area (Å²) in [4.78, 5) is 13.4. The SMILES string of the molecule is CN(C)CCC=C1c2ccccc2COc2cc(C(=O)O)ccc21. The number of benzene rings is 2. The molecule has 0 bridgehead atoms. The van der Waals surface area contributed by atoms with E-state index in [-0.39, 0.29) is 5.56 Å². The molecule has 0 saturated carbocycles. The van der Waals surface area contributed by atoms with E-state index in [1.165, 1.54) is 0 Å². The zero-order valence-corrected chi connectivity index (χ0v) is 14.0. The summed E-state index contributed by atoms with van der Waals surface area (Å²) < 4.78 is 5.91. The molecule has 1 aliphatic rings. The molecule has 0 radical (unpaired) electrons. The molecule has 1 N–H and O–H groups in total. The fraction of sp³-hybridized carbons (Fsp3) is 0.250. The number of nitrogens with zero attached hydrogens (tertiary/aromatic N) is 1. The van der Waals surface area contributed by atoms with E-state index in [1.807, 2.05) is 18.2 Å². The summed E-state index contributed by atoms with van der Waals surface area (Å²) in [5, 5.41) is 9.22. The number of hydrogen-bond acceptors (Lipinski definition) is 3. The van der Waals surface area contributed by atoms with Crippen LogP contribution in [0.5, 0.6) is 5.75 Å². The second-order valence-electron chi connectivity index (χ2n) is 6.17. The molecule has 0 fully saturated rings. The predicted octanol–water partition coefficient (Wildman–Crippen LogP) is 3.66. The van der Waals surface area contributed by atoms with E-state index in [0.29, 0.717) is 12.4 Å². The minimum absolute atomic E-state index is 0.243. The lowest BCUT2D eigenvalue weighted by molar-refractivity contribution is 0.0696. The lowest BCUT2D eigenvalue weighted by atomic mass is 9.93. The quantitative estimate of drug-likeness (QED) is 0.933. The van der Waals surface area contributed by atoms with Crippen LogP contribution in [0.1, 0.15) is 33.5 Å². The Hall–Kier alpha value is -2.59. The topological polar surface area (TPSA) is 49.8 Å². The van der Waals surface area contributed by atoms with Crippen LogP contribution in [0.2, 0.25) is 0 Å². The first-order valence-corrected chi connectivity index (χ1v) is 8.00. The molecule has 124 valence electrons. The lowest BCUT2D eigenvalue weighted by Gasteiger charge is -2.12. The van der Waals surface area contributed by atoms with E-state index in [1.54, 1.807) is 12.1 Å². The summed E-state index contributed by atoms with van der Waals surface area (Å²) in [6, 6.07) is 13.3. The summed E-state index contributed by atoms with van der Waals surface area (Å²) in [6.45, 7) is 1.40. The highest BCUT2D eigenvalue weighted by Crippen LogP contribution is 2.37. The number of fused-ring (bicyclic) bond motifs is 2. The van der Waals surface area contributed by atoms with Crippen molar-refractivity contribution in [1.29, 1.82) is 0 Å². The van der Waals surface area contributed by atoms with Gasteiger partial charge in [0.1, 0.15) is 12.4 Å². The second-order valence-corrected chi connectivity index (χ2v) is 6.17. The second kappa shape index (κ2) is 6.89. The number of carboxylic acids is 1. The Morgan fingerprint density at radius 2 is 2.00 bits per heavy atom. The van der Waals surface area contributed by atoms with Crippen LogP contribution in [0.3, 0.4) is 0 Å². The molecule has 0 atom stereocenters. The molecule has 24 heavy (non-hydrogen) atoms. The van der Waals surface area contributed by atoms with Gasteiger partial charge in [-0.05, 0) is 55.4 Å². The van der Waals surface area contributed by atoms with Crippen molar-refractivity contribution in [2.24, 2.45) is 0 Å². The molecular formula is C20H21NO3. The van der Waals surface area contributed by atoms with Gasteiger partial charge >= 0.3 is 5.97 Å². The van der Waals surface area contributed by atoms with Gasteiger partial charge in [0.25, 0.3) is 0 Å². The third kappa shape index (κ3) is 3.34. The standard InChI is InChI=1S/C20H21NO3/c1-21(2)11-5-8-17-16-7-4-3-6-15(16)13-24-19-12-14(20(22)23)9-10-18(17)19/h3-4,6-10,12H,5,11,13H2,1-2H3,(H,22,23). The van der Waals surface area contributed by atoms with Crippen molar-refractivity contribution in [2.75, 3.05) is 20.6 Å². The molecule has 2 aromatic rings. The lowest BCUT2D eigenvalue weighted by Crippen LogP contribution is -2.12. The maximum Gasteiger partial charge on any atom is 0.335 e. The number of ether oxygens (including phenoxy) is 1. The summed E-state index contributed by atoms with van der Waals surface area (Å²) in [5.41, 5.74) is 4.56. The van der Waals surface area contributed by atoms with Crippen molar-refractivity contribution in [1.82, 2.24) is 4.90 Å². The Labute approximate surface area is 142 Å². The highest BCUT2D eigenvalue weighted by atomic mass is 16.5. The minimum Gasteiger partial charge on any atom is -0.488 e. The Morgan fingerprint density at radius 3 is 2.75 bits per heavy atom. The monoisotopic (exact) mass is 323 g/mol. The molecule has 1 aliphatic heterocycles. The van der Waals surface area contributed by atoms with Gasteiger partial charge in [-0.15, -0.1) is 0 Å². The Bertz CT molecular complexity index is 793. The third-order valence-electron chi connectivity index (χ3n) is 4.13. The van der Waals surface area contributed by atoms with Crippen molar-refractivity contribution in [2.45, 2.75) is 13.0 Å². The fourth-order valence-electron chi connectivity index (χ4n) is 2.89. The maximum absolute atomic E-state index is 11.2. The van der Waals surface area contributed by atoms with Crippen LogP contribution in [-0.4, -0.2) is 36.6 Å². The average Bonchev–Trinajstić information content (AvgIpc) is 2.71. The Kier molecular flexibility index (Phi) is 4.67. The van der Waals surface area contributed by atoms with Gasteiger partial charge in [0.15, 0.2) is 0 Å². The van der Waals surface area contributed by atoms with E-state index in [0.717, 1.165) is 35.2 Å². The number of carbonyl (C=O) groups is 1. The third-order valence-corrected chi connectivity index (χ3v) is 4.13. The van der Waals surface area contributed by atoms with E-state index < -0.39 is 5.97 Å². The van der Waals surface area contributed by atoms with Crippen LogP contribution < -0.4 is 4.74 Å². The molecule has 2 aromatic carbocycles. The molecule has 0 saturated heterocycles. The molecule has 0 unspecified atom stereocenters. The van der Waals surface area contributed by atoms with E-state index in [9.17, 15) is 9.90 Å². The van der Waals surface area contributed by atoms with Gasteiger partial charge < -0.3 is 14.7 Å². The van der Waals surface area contributed by atoms with Crippen molar-refractivity contribution < 1.29 is 14.6 Å². The molecule has 4 nitrogen and oxygen atoms in total. The molecule has 0 aliphatic carbocycles.